The van der Waals surface area contributed by atoms with E-state index in [0.29, 0.717) is 17.1 Å². The third-order valence-electron chi connectivity index (χ3n) is 1.03. The first-order valence-electron chi connectivity index (χ1n) is 3.05. The van der Waals surface area contributed by atoms with Crippen molar-refractivity contribution in [1.29, 1.82) is 0 Å². The summed E-state index contributed by atoms with van der Waals surface area (Å²) in [5.41, 5.74) is 0. The number of hydrogen-bond acceptors (Lipinski definition) is 1. The summed E-state index contributed by atoms with van der Waals surface area (Å²) in [5, 5.41) is 0.940. The van der Waals surface area contributed by atoms with Gasteiger partial charge in [0.25, 0.3) is 0 Å². The summed E-state index contributed by atoms with van der Waals surface area (Å²) in [4.78, 5) is 0. The maximum atomic E-state index is 5.86. The molecule has 5 heteroatoms. The summed E-state index contributed by atoms with van der Waals surface area (Å²) in [6.45, 7) is 0.454. The van der Waals surface area contributed by atoms with E-state index < -0.39 is 4.33 Å². The van der Waals surface area contributed by atoms with Gasteiger partial charge in [0.05, 0.1) is 6.61 Å². The molecule has 0 aliphatic heterocycles. The van der Waals surface area contributed by atoms with Crippen molar-refractivity contribution < 1.29 is 4.43 Å². The van der Waals surface area contributed by atoms with Gasteiger partial charge in [-0.15, -0.1) is 0 Å². The van der Waals surface area contributed by atoms with E-state index in [1.807, 2.05) is 0 Å². The molecule has 0 aromatic heterocycles. The van der Waals surface area contributed by atoms with Crippen LogP contribution < -0.4 is 0 Å². The zero-order chi connectivity index (χ0) is 8.04. The first-order valence-corrected chi connectivity index (χ1v) is 5.74. The molecule has 10 heavy (non-hydrogen) atoms. The Hall–Kier alpha value is 1.24. The van der Waals surface area contributed by atoms with Crippen LogP contribution in [0.25, 0.3) is 0 Å². The summed E-state index contributed by atoms with van der Waals surface area (Å²) < 4.78 is 4.29. The van der Waals surface area contributed by atoms with Crippen molar-refractivity contribution in [3.05, 3.63) is 0 Å². The van der Waals surface area contributed by atoms with E-state index in [-0.39, 0.29) is 0 Å². The van der Waals surface area contributed by atoms with Gasteiger partial charge in [-0.25, -0.2) is 0 Å². The zero-order valence-electron chi connectivity index (χ0n) is 5.87. The molecular formula is C5H11BrCl2OSi. The van der Waals surface area contributed by atoms with Gasteiger partial charge in [-0.2, -0.15) is 0 Å². The molecular weight excluding hydrogens is 255 g/mol. The van der Waals surface area contributed by atoms with Gasteiger partial charge < -0.3 is 4.43 Å². The van der Waals surface area contributed by atoms with Crippen LogP contribution in [-0.4, -0.2) is 26.8 Å². The second-order valence-corrected chi connectivity index (χ2v) is 5.09. The Kier molecular flexibility index (Phi) is 6.55. The Morgan fingerprint density at radius 2 is 2.10 bits per heavy atom. The Labute approximate surface area is 83.1 Å². The van der Waals surface area contributed by atoms with Crippen molar-refractivity contribution in [1.82, 2.24) is 0 Å². The lowest BCUT2D eigenvalue weighted by Gasteiger charge is -2.17. The maximum Gasteiger partial charge on any atom is 0.146 e. The van der Waals surface area contributed by atoms with Crippen LogP contribution in [0.3, 0.4) is 0 Å². The van der Waals surface area contributed by atoms with Crippen LogP contribution in [0.2, 0.25) is 0 Å². The molecule has 0 heterocycles. The molecule has 0 unspecified atom stereocenters. The fourth-order valence-electron chi connectivity index (χ4n) is 0.609. The Morgan fingerprint density at radius 1 is 1.50 bits per heavy atom. The molecule has 1 nitrogen and oxygen atoms in total. The second-order valence-electron chi connectivity index (χ2n) is 2.08. The highest BCUT2D eigenvalue weighted by molar-refractivity contribution is 9.09. The smallest absolute Gasteiger partial charge is 0.146 e. The summed E-state index contributed by atoms with van der Waals surface area (Å²) in [7, 11) is 0.698. The minimum Gasteiger partial charge on any atom is -0.425 e. The van der Waals surface area contributed by atoms with Crippen molar-refractivity contribution in [2.24, 2.45) is 0 Å². The summed E-state index contributed by atoms with van der Waals surface area (Å²) in [5.74, 6) is 0. The minimum atomic E-state index is -0.671. The SMILES string of the molecule is [SiH3]OCC(Cl)(Cl)CCCBr. The van der Waals surface area contributed by atoms with Crippen molar-refractivity contribution in [2.75, 3.05) is 11.9 Å². The third kappa shape index (κ3) is 5.98. The quantitative estimate of drug-likeness (QED) is 0.543. The van der Waals surface area contributed by atoms with E-state index in [1.54, 1.807) is 0 Å². The highest BCUT2D eigenvalue weighted by Crippen LogP contribution is 2.27. The predicted molar refractivity (Wildman–Crippen MR) is 53.4 cm³/mol. The van der Waals surface area contributed by atoms with Crippen LogP contribution in [0.5, 0.6) is 0 Å². The summed E-state index contributed by atoms with van der Waals surface area (Å²) in [6.07, 6.45) is 1.77. The molecule has 0 N–H and O–H groups in total. The standard InChI is InChI=1S/C5H11BrCl2OSi/c6-3-1-2-5(7,8)4-9-10/h1-4H2,10H3. The topological polar surface area (TPSA) is 9.23 Å². The van der Waals surface area contributed by atoms with Gasteiger partial charge in [-0.05, 0) is 12.8 Å². The van der Waals surface area contributed by atoms with E-state index >= 15 is 0 Å². The first kappa shape index (κ1) is 11.2. The van der Waals surface area contributed by atoms with Gasteiger partial charge in [0.1, 0.15) is 14.8 Å². The Balaban J connectivity index is 3.42. The van der Waals surface area contributed by atoms with Crippen molar-refractivity contribution in [3.8, 4) is 0 Å². The first-order chi connectivity index (χ1) is 4.62. The van der Waals surface area contributed by atoms with Crippen LogP contribution >= 0.6 is 39.1 Å². The molecule has 0 atom stereocenters. The average Bonchev–Trinajstić information content (AvgIpc) is 1.84. The van der Waals surface area contributed by atoms with Crippen LogP contribution in [0, 0.1) is 0 Å². The van der Waals surface area contributed by atoms with E-state index in [1.165, 1.54) is 0 Å². The summed E-state index contributed by atoms with van der Waals surface area (Å²) in [6, 6.07) is 0. The molecule has 62 valence electrons. The number of hydrogen-bond donors (Lipinski definition) is 0. The van der Waals surface area contributed by atoms with Gasteiger partial charge in [0.15, 0.2) is 0 Å². The normalized spacial score (nSPS) is 12.3. The lowest BCUT2D eigenvalue weighted by molar-refractivity contribution is 0.323. The van der Waals surface area contributed by atoms with E-state index in [4.69, 9.17) is 27.6 Å². The highest BCUT2D eigenvalue weighted by Gasteiger charge is 2.22. The van der Waals surface area contributed by atoms with Crippen LogP contribution in [0.4, 0.5) is 0 Å². The molecule has 0 spiro atoms. The predicted octanol–water partition coefficient (Wildman–Crippen LogP) is 1.63. The summed E-state index contributed by atoms with van der Waals surface area (Å²) >= 11 is 15.0. The van der Waals surface area contributed by atoms with E-state index in [9.17, 15) is 0 Å². The van der Waals surface area contributed by atoms with E-state index in [2.05, 4.69) is 15.9 Å². The van der Waals surface area contributed by atoms with Gasteiger partial charge in [0, 0.05) is 5.33 Å². The number of halogens is 3. The van der Waals surface area contributed by atoms with Crippen molar-refractivity contribution in [2.45, 2.75) is 17.2 Å². The second kappa shape index (κ2) is 5.83. The average molecular weight is 266 g/mol. The molecule has 0 rings (SSSR count). The third-order valence-corrected chi connectivity index (χ3v) is 2.48. The van der Waals surface area contributed by atoms with Gasteiger partial charge in [-0.1, -0.05) is 39.1 Å². The van der Waals surface area contributed by atoms with Crippen LogP contribution in [0.15, 0.2) is 0 Å². The molecule has 0 fully saturated rings. The zero-order valence-corrected chi connectivity index (χ0v) is 11.0. The van der Waals surface area contributed by atoms with Crippen molar-refractivity contribution in [3.63, 3.8) is 0 Å². The Bertz CT molecular complexity index is 91.7. The van der Waals surface area contributed by atoms with Crippen molar-refractivity contribution >= 4 is 49.6 Å². The highest BCUT2D eigenvalue weighted by atomic mass is 79.9. The molecule has 0 aliphatic rings. The molecule has 0 amide bonds. The molecule has 0 radical (unpaired) electrons. The Morgan fingerprint density at radius 3 is 2.50 bits per heavy atom. The molecule has 0 aromatic rings. The fraction of sp³-hybridized carbons (Fsp3) is 1.00. The number of rotatable bonds is 5. The molecule has 0 aliphatic carbocycles. The molecule has 0 saturated carbocycles. The van der Waals surface area contributed by atoms with E-state index in [0.717, 1.165) is 18.2 Å². The number of alkyl halides is 3. The van der Waals surface area contributed by atoms with Gasteiger partial charge >= 0.3 is 0 Å². The molecule has 0 saturated heterocycles. The van der Waals surface area contributed by atoms with Crippen LogP contribution in [-0.2, 0) is 4.43 Å². The molecule has 0 aromatic carbocycles. The largest absolute Gasteiger partial charge is 0.425 e. The van der Waals surface area contributed by atoms with Crippen LogP contribution in [0.1, 0.15) is 12.8 Å². The molecule has 0 bridgehead atoms. The van der Waals surface area contributed by atoms with Gasteiger partial charge in [0.2, 0.25) is 0 Å². The monoisotopic (exact) mass is 264 g/mol. The lowest BCUT2D eigenvalue weighted by atomic mass is 10.2. The minimum absolute atomic E-state index is 0.454. The lowest BCUT2D eigenvalue weighted by Crippen LogP contribution is -2.20. The fourth-order valence-corrected chi connectivity index (χ4v) is 2.23. The maximum absolute atomic E-state index is 5.86. The van der Waals surface area contributed by atoms with Gasteiger partial charge in [-0.3, -0.25) is 0 Å².